The number of nitrogens with zero attached hydrogens (tertiary/aromatic N) is 1. The van der Waals surface area contributed by atoms with Crippen LogP contribution >= 0.6 is 0 Å². The summed E-state index contributed by atoms with van der Waals surface area (Å²) in [6.45, 7) is 0.378. The van der Waals surface area contributed by atoms with Crippen molar-refractivity contribution in [2.24, 2.45) is 5.92 Å². The lowest BCUT2D eigenvalue weighted by Gasteiger charge is -2.40. The second kappa shape index (κ2) is 14.1. The number of carbonyl (C=O) groups excluding carboxylic acids is 2. The van der Waals surface area contributed by atoms with Crippen LogP contribution in [-0.2, 0) is 30.3 Å². The fourth-order valence-corrected chi connectivity index (χ4v) is 4.96. The minimum Gasteiger partial charge on any atom is -0.478 e. The third-order valence-electron chi connectivity index (χ3n) is 6.82. The highest BCUT2D eigenvalue weighted by atomic mass is 16.6. The van der Waals surface area contributed by atoms with Crippen LogP contribution in [-0.4, -0.2) is 70.8 Å². The van der Waals surface area contributed by atoms with Crippen molar-refractivity contribution < 1.29 is 38.9 Å². The predicted molar refractivity (Wildman–Crippen MR) is 138 cm³/mol. The first-order chi connectivity index (χ1) is 18.3. The second-order valence-electron chi connectivity index (χ2n) is 9.30. The molecule has 0 aromatic heterocycles. The van der Waals surface area contributed by atoms with Crippen LogP contribution in [0.4, 0.5) is 0 Å². The van der Waals surface area contributed by atoms with Gasteiger partial charge in [0, 0.05) is 30.7 Å². The number of rotatable bonds is 9. The first-order valence-corrected chi connectivity index (χ1v) is 12.6. The number of aryl methyl sites for hydroxylation is 1. The van der Waals surface area contributed by atoms with Crippen LogP contribution in [0.3, 0.4) is 0 Å². The van der Waals surface area contributed by atoms with E-state index in [1.807, 2.05) is 36.4 Å². The van der Waals surface area contributed by atoms with E-state index in [4.69, 9.17) is 19.7 Å². The molecule has 2 saturated heterocycles. The van der Waals surface area contributed by atoms with Gasteiger partial charge in [-0.2, -0.15) is 0 Å². The molecule has 0 amide bonds. The summed E-state index contributed by atoms with van der Waals surface area (Å²) in [6, 6.07) is 19.6. The van der Waals surface area contributed by atoms with Gasteiger partial charge in [0.1, 0.15) is 12.0 Å². The van der Waals surface area contributed by atoms with E-state index >= 15 is 0 Å². The molecule has 2 aromatic rings. The van der Waals surface area contributed by atoms with Crippen LogP contribution in [0, 0.1) is 5.92 Å². The zero-order valence-corrected chi connectivity index (χ0v) is 21.3. The Morgan fingerprint density at radius 3 is 2.13 bits per heavy atom. The van der Waals surface area contributed by atoms with Crippen LogP contribution in [0.1, 0.15) is 41.6 Å². The first-order valence-electron chi connectivity index (χ1n) is 12.6. The summed E-state index contributed by atoms with van der Waals surface area (Å²) >= 11 is 0. The van der Waals surface area contributed by atoms with Crippen molar-refractivity contribution in [2.45, 2.75) is 50.3 Å². The minimum absolute atomic E-state index is 0.0685. The van der Waals surface area contributed by atoms with E-state index < -0.39 is 24.0 Å². The Hall–Kier alpha value is -3.98. The minimum atomic E-state index is -1.26. The zero-order chi connectivity index (χ0) is 27.5. The molecule has 2 fully saturated rings. The Morgan fingerprint density at radius 2 is 1.53 bits per heavy atom. The van der Waals surface area contributed by atoms with Crippen molar-refractivity contribution in [3.63, 3.8) is 0 Å². The standard InChI is InChI=1S/C25H29NO4.C4H4O4/c1-26-20-14-15-21(26)23(22(17-20)30-24(27)19-12-6-3-7-13-19)25(28)29-16-8-11-18-9-4-2-5-10-18;5-3(6)1-2-4(7)8/h2-7,9-10,12-13,20-23H,8,11,14-17H2,1H3;1-2H,(H,5,6)(H,7,8)/b;2-1+/t20-,21?,22+,23?;/m1./s1. The molecule has 2 heterocycles. The number of ether oxygens (including phenoxy) is 2. The summed E-state index contributed by atoms with van der Waals surface area (Å²) in [6.07, 6.45) is 4.97. The van der Waals surface area contributed by atoms with Crippen molar-refractivity contribution in [3.05, 3.63) is 83.9 Å². The van der Waals surface area contributed by atoms with E-state index in [-0.39, 0.29) is 18.0 Å². The van der Waals surface area contributed by atoms with E-state index in [2.05, 4.69) is 24.1 Å². The summed E-state index contributed by atoms with van der Waals surface area (Å²) in [5, 5.41) is 15.6. The molecule has 2 aliphatic heterocycles. The van der Waals surface area contributed by atoms with Gasteiger partial charge in [-0.15, -0.1) is 0 Å². The third kappa shape index (κ3) is 8.27. The number of carboxylic acids is 2. The fraction of sp³-hybridized carbons (Fsp3) is 0.379. The van der Waals surface area contributed by atoms with Gasteiger partial charge >= 0.3 is 23.9 Å². The molecule has 9 nitrogen and oxygen atoms in total. The number of piperidine rings is 1. The van der Waals surface area contributed by atoms with Crippen LogP contribution in [0.25, 0.3) is 0 Å². The molecule has 2 unspecified atom stereocenters. The Bertz CT molecular complexity index is 1100. The molecule has 0 radical (unpaired) electrons. The van der Waals surface area contributed by atoms with Gasteiger partial charge in [-0.1, -0.05) is 48.5 Å². The average molecular weight is 524 g/mol. The van der Waals surface area contributed by atoms with E-state index in [9.17, 15) is 19.2 Å². The second-order valence-corrected chi connectivity index (χ2v) is 9.30. The summed E-state index contributed by atoms with van der Waals surface area (Å²) in [5.74, 6) is -3.56. The number of aliphatic carboxylic acids is 2. The molecule has 0 saturated carbocycles. The molecule has 202 valence electrons. The van der Waals surface area contributed by atoms with Crippen molar-refractivity contribution in [3.8, 4) is 0 Å². The van der Waals surface area contributed by atoms with Gasteiger partial charge in [-0.3, -0.25) is 9.69 Å². The molecule has 2 aliphatic rings. The fourth-order valence-electron chi connectivity index (χ4n) is 4.96. The topological polar surface area (TPSA) is 130 Å². The number of esters is 2. The maximum Gasteiger partial charge on any atom is 0.338 e. The first kappa shape index (κ1) is 28.6. The monoisotopic (exact) mass is 523 g/mol. The van der Waals surface area contributed by atoms with Gasteiger partial charge in [0.05, 0.1) is 12.2 Å². The predicted octanol–water partition coefficient (Wildman–Crippen LogP) is 3.58. The third-order valence-corrected chi connectivity index (χ3v) is 6.82. The molecule has 4 atom stereocenters. The van der Waals surface area contributed by atoms with Crippen LogP contribution in [0.5, 0.6) is 0 Å². The van der Waals surface area contributed by atoms with Gasteiger partial charge in [-0.05, 0) is 50.4 Å². The Kier molecular flexibility index (Phi) is 10.6. The number of benzene rings is 2. The molecule has 0 spiro atoms. The van der Waals surface area contributed by atoms with Crippen molar-refractivity contribution >= 4 is 23.9 Å². The highest BCUT2D eigenvalue weighted by Gasteiger charge is 2.51. The Balaban J connectivity index is 0.000000436. The molecular formula is C29H33NO8. The Labute approximate surface area is 221 Å². The Morgan fingerprint density at radius 1 is 0.921 bits per heavy atom. The van der Waals surface area contributed by atoms with Gasteiger partial charge in [0.25, 0.3) is 0 Å². The normalized spacial score (nSPS) is 22.2. The number of hydrogen-bond donors (Lipinski definition) is 2. The lowest BCUT2D eigenvalue weighted by atomic mass is 9.87. The number of hydrogen-bond acceptors (Lipinski definition) is 7. The number of carboxylic acid groups (broad SMARTS) is 2. The lowest BCUT2D eigenvalue weighted by Crippen LogP contribution is -2.53. The smallest absolute Gasteiger partial charge is 0.338 e. The van der Waals surface area contributed by atoms with Crippen LogP contribution in [0.2, 0.25) is 0 Å². The van der Waals surface area contributed by atoms with E-state index in [1.165, 1.54) is 5.56 Å². The molecule has 38 heavy (non-hydrogen) atoms. The van der Waals surface area contributed by atoms with Gasteiger partial charge < -0.3 is 19.7 Å². The highest BCUT2D eigenvalue weighted by Crippen LogP contribution is 2.40. The van der Waals surface area contributed by atoms with E-state index in [0.717, 1.165) is 25.7 Å². The maximum absolute atomic E-state index is 13.0. The lowest BCUT2D eigenvalue weighted by molar-refractivity contribution is -0.159. The molecule has 4 rings (SSSR count). The summed E-state index contributed by atoms with van der Waals surface area (Å²) in [4.78, 5) is 47.0. The van der Waals surface area contributed by atoms with Crippen LogP contribution < -0.4 is 0 Å². The average Bonchev–Trinajstić information content (AvgIpc) is 3.14. The van der Waals surface area contributed by atoms with Gasteiger partial charge in [0.2, 0.25) is 0 Å². The molecule has 2 N–H and O–H groups in total. The highest BCUT2D eigenvalue weighted by molar-refractivity contribution is 5.90. The van der Waals surface area contributed by atoms with Crippen molar-refractivity contribution in [1.29, 1.82) is 0 Å². The quantitative estimate of drug-likeness (QED) is 0.288. The largest absolute Gasteiger partial charge is 0.478 e. The van der Waals surface area contributed by atoms with E-state index in [1.54, 1.807) is 12.1 Å². The van der Waals surface area contributed by atoms with Crippen molar-refractivity contribution in [1.82, 2.24) is 4.90 Å². The summed E-state index contributed by atoms with van der Waals surface area (Å²) in [7, 11) is 2.06. The summed E-state index contributed by atoms with van der Waals surface area (Å²) in [5.41, 5.74) is 1.75. The van der Waals surface area contributed by atoms with E-state index in [0.29, 0.717) is 36.8 Å². The zero-order valence-electron chi connectivity index (χ0n) is 21.3. The molecule has 9 heteroatoms. The van der Waals surface area contributed by atoms with Gasteiger partial charge in [-0.25, -0.2) is 14.4 Å². The summed E-state index contributed by atoms with van der Waals surface area (Å²) < 4.78 is 11.5. The molecule has 0 aliphatic carbocycles. The SMILES string of the molecule is CN1C2CC[C@@H]1C[C@H](OC(=O)c1ccccc1)C2C(=O)OCCCc1ccccc1.O=C(O)/C=C/C(=O)O. The number of fused-ring (bicyclic) bond motifs is 2. The molecular weight excluding hydrogens is 490 g/mol. The number of carbonyl (C=O) groups is 4. The van der Waals surface area contributed by atoms with Crippen LogP contribution in [0.15, 0.2) is 72.8 Å². The molecule has 2 aromatic carbocycles. The molecule has 2 bridgehead atoms. The maximum atomic E-state index is 13.0. The van der Waals surface area contributed by atoms with Gasteiger partial charge in [0.15, 0.2) is 0 Å². The van der Waals surface area contributed by atoms with Crippen molar-refractivity contribution in [2.75, 3.05) is 13.7 Å².